The molecule has 0 atom stereocenters. The number of hydrogen-bond acceptors (Lipinski definition) is 3. The van der Waals surface area contributed by atoms with Crippen LogP contribution < -0.4 is 4.74 Å². The molecule has 0 heterocycles. The van der Waals surface area contributed by atoms with Gasteiger partial charge < -0.3 is 9.47 Å². The van der Waals surface area contributed by atoms with Crippen LogP contribution in [0, 0.1) is 17.2 Å². The van der Waals surface area contributed by atoms with E-state index < -0.39 is 0 Å². The molecule has 0 amide bonds. The van der Waals surface area contributed by atoms with E-state index in [4.69, 9.17) is 14.7 Å². The summed E-state index contributed by atoms with van der Waals surface area (Å²) >= 11 is 0. The van der Waals surface area contributed by atoms with Crippen molar-refractivity contribution in [2.45, 2.75) is 45.3 Å². The highest BCUT2D eigenvalue weighted by atomic mass is 16.5. The van der Waals surface area contributed by atoms with Crippen LogP contribution in [0.2, 0.25) is 0 Å². The number of hydrogen-bond donors (Lipinski definition) is 0. The second-order valence-electron chi connectivity index (χ2n) is 5.34. The van der Waals surface area contributed by atoms with E-state index in [9.17, 15) is 0 Å². The minimum Gasteiger partial charge on any atom is -0.495 e. The van der Waals surface area contributed by atoms with Crippen molar-refractivity contribution in [1.29, 1.82) is 5.26 Å². The number of nitrogens with zero attached hydrogens (tertiary/aromatic N) is 1. The lowest BCUT2D eigenvalue weighted by Crippen LogP contribution is -2.20. The summed E-state index contributed by atoms with van der Waals surface area (Å²) < 4.78 is 11.2. The van der Waals surface area contributed by atoms with Crippen molar-refractivity contribution < 1.29 is 9.47 Å². The summed E-state index contributed by atoms with van der Waals surface area (Å²) in [6, 6.07) is 7.74. The van der Waals surface area contributed by atoms with Gasteiger partial charge in [0.15, 0.2) is 0 Å². The lowest BCUT2D eigenvalue weighted by molar-refractivity contribution is 0.00871. The van der Waals surface area contributed by atoms with Gasteiger partial charge in [0.25, 0.3) is 0 Å². The average molecular weight is 259 g/mol. The Balaban J connectivity index is 1.91. The maximum absolute atomic E-state index is 8.94. The van der Waals surface area contributed by atoms with Crippen LogP contribution in [0.5, 0.6) is 5.75 Å². The van der Waals surface area contributed by atoms with Crippen molar-refractivity contribution in [3.05, 3.63) is 29.3 Å². The van der Waals surface area contributed by atoms with E-state index in [0.717, 1.165) is 24.3 Å². The SMILES string of the molecule is COc1cc(COC2CCC(C)CC2)ccc1C#N. The summed E-state index contributed by atoms with van der Waals surface area (Å²) in [6.45, 7) is 2.91. The summed E-state index contributed by atoms with van der Waals surface area (Å²) in [6.07, 6.45) is 5.24. The number of rotatable bonds is 4. The van der Waals surface area contributed by atoms with E-state index >= 15 is 0 Å². The van der Waals surface area contributed by atoms with Gasteiger partial charge in [0.05, 0.1) is 25.4 Å². The molecule has 102 valence electrons. The molecule has 1 aromatic rings. The largest absolute Gasteiger partial charge is 0.495 e. The van der Waals surface area contributed by atoms with Gasteiger partial charge >= 0.3 is 0 Å². The van der Waals surface area contributed by atoms with E-state index in [1.54, 1.807) is 13.2 Å². The monoisotopic (exact) mass is 259 g/mol. The third-order valence-electron chi connectivity index (χ3n) is 3.83. The molecule has 0 radical (unpaired) electrons. The van der Waals surface area contributed by atoms with Gasteiger partial charge in [-0.15, -0.1) is 0 Å². The zero-order chi connectivity index (χ0) is 13.7. The standard InChI is InChI=1S/C16H21NO2/c1-12-3-7-15(8-4-12)19-11-13-5-6-14(10-17)16(9-13)18-2/h5-6,9,12,15H,3-4,7-8,11H2,1-2H3. The topological polar surface area (TPSA) is 42.2 Å². The van der Waals surface area contributed by atoms with E-state index in [1.165, 1.54) is 12.8 Å². The molecule has 1 aliphatic carbocycles. The molecule has 1 aliphatic rings. The molecular formula is C16H21NO2. The molecular weight excluding hydrogens is 238 g/mol. The fourth-order valence-corrected chi connectivity index (χ4v) is 2.53. The second kappa shape index (κ2) is 6.58. The Morgan fingerprint density at radius 2 is 2.00 bits per heavy atom. The van der Waals surface area contributed by atoms with Crippen LogP contribution in [0.4, 0.5) is 0 Å². The van der Waals surface area contributed by atoms with Gasteiger partial charge in [-0.2, -0.15) is 5.26 Å². The molecule has 0 unspecified atom stereocenters. The first-order chi connectivity index (χ1) is 9.22. The van der Waals surface area contributed by atoms with E-state index in [-0.39, 0.29) is 0 Å². The van der Waals surface area contributed by atoms with Crippen LogP contribution in [0.25, 0.3) is 0 Å². The van der Waals surface area contributed by atoms with Crippen molar-refractivity contribution >= 4 is 0 Å². The van der Waals surface area contributed by atoms with Gasteiger partial charge in [-0.1, -0.05) is 13.0 Å². The van der Waals surface area contributed by atoms with E-state index in [0.29, 0.717) is 24.0 Å². The Morgan fingerprint density at radius 1 is 1.26 bits per heavy atom. The van der Waals surface area contributed by atoms with Crippen LogP contribution >= 0.6 is 0 Å². The van der Waals surface area contributed by atoms with E-state index in [2.05, 4.69) is 13.0 Å². The Labute approximate surface area is 115 Å². The summed E-state index contributed by atoms with van der Waals surface area (Å²) in [5.74, 6) is 1.47. The fraction of sp³-hybridized carbons (Fsp3) is 0.562. The zero-order valence-electron chi connectivity index (χ0n) is 11.7. The highest BCUT2D eigenvalue weighted by Crippen LogP contribution is 2.27. The highest BCUT2D eigenvalue weighted by Gasteiger charge is 2.18. The van der Waals surface area contributed by atoms with Gasteiger partial charge in [0, 0.05) is 0 Å². The summed E-state index contributed by atoms with van der Waals surface area (Å²) in [5, 5.41) is 8.94. The molecule has 3 nitrogen and oxygen atoms in total. The zero-order valence-corrected chi connectivity index (χ0v) is 11.7. The van der Waals surface area contributed by atoms with Crippen molar-refractivity contribution in [3.63, 3.8) is 0 Å². The maximum Gasteiger partial charge on any atom is 0.136 e. The second-order valence-corrected chi connectivity index (χ2v) is 5.34. The Hall–Kier alpha value is -1.53. The molecule has 0 N–H and O–H groups in total. The molecule has 1 fully saturated rings. The summed E-state index contributed by atoms with van der Waals surface area (Å²) in [4.78, 5) is 0. The molecule has 19 heavy (non-hydrogen) atoms. The van der Waals surface area contributed by atoms with Crippen molar-refractivity contribution in [1.82, 2.24) is 0 Å². The number of nitriles is 1. The first-order valence-electron chi connectivity index (χ1n) is 6.91. The number of benzene rings is 1. The lowest BCUT2D eigenvalue weighted by Gasteiger charge is -2.26. The fourth-order valence-electron chi connectivity index (χ4n) is 2.53. The summed E-state index contributed by atoms with van der Waals surface area (Å²) in [7, 11) is 1.59. The van der Waals surface area contributed by atoms with Crippen LogP contribution in [0.15, 0.2) is 18.2 Å². The minimum absolute atomic E-state index is 0.387. The lowest BCUT2D eigenvalue weighted by atomic mass is 9.89. The Kier molecular flexibility index (Phi) is 4.81. The molecule has 2 rings (SSSR count). The Bertz CT molecular complexity index is 456. The highest BCUT2D eigenvalue weighted by molar-refractivity contribution is 5.45. The maximum atomic E-state index is 8.94. The molecule has 0 saturated heterocycles. The van der Waals surface area contributed by atoms with Crippen molar-refractivity contribution in [3.8, 4) is 11.8 Å². The minimum atomic E-state index is 0.387. The molecule has 1 aromatic carbocycles. The molecule has 3 heteroatoms. The molecule has 1 saturated carbocycles. The number of methoxy groups -OCH3 is 1. The normalized spacial score (nSPS) is 22.8. The number of ether oxygens (including phenoxy) is 2. The van der Waals surface area contributed by atoms with Crippen molar-refractivity contribution in [2.24, 2.45) is 5.92 Å². The van der Waals surface area contributed by atoms with Crippen LogP contribution in [0.1, 0.15) is 43.7 Å². The first-order valence-corrected chi connectivity index (χ1v) is 6.91. The quantitative estimate of drug-likeness (QED) is 0.828. The molecule has 0 aromatic heterocycles. The van der Waals surface area contributed by atoms with Crippen LogP contribution in [0.3, 0.4) is 0 Å². The predicted octanol–water partition coefficient (Wildman–Crippen LogP) is 3.66. The van der Waals surface area contributed by atoms with Gasteiger partial charge in [-0.05, 0) is 49.3 Å². The third-order valence-corrected chi connectivity index (χ3v) is 3.83. The van der Waals surface area contributed by atoms with Gasteiger partial charge in [0.2, 0.25) is 0 Å². The van der Waals surface area contributed by atoms with Crippen molar-refractivity contribution in [2.75, 3.05) is 7.11 Å². The molecule has 0 aliphatic heterocycles. The molecule has 0 spiro atoms. The van der Waals surface area contributed by atoms with Gasteiger partial charge in [0.1, 0.15) is 11.8 Å². The summed E-state index contributed by atoms with van der Waals surface area (Å²) in [5.41, 5.74) is 1.63. The van der Waals surface area contributed by atoms with Gasteiger partial charge in [-0.3, -0.25) is 0 Å². The first kappa shape index (κ1) is 13.9. The van der Waals surface area contributed by atoms with E-state index in [1.807, 2.05) is 12.1 Å². The third kappa shape index (κ3) is 3.71. The Morgan fingerprint density at radius 3 is 2.63 bits per heavy atom. The molecule has 0 bridgehead atoms. The smallest absolute Gasteiger partial charge is 0.136 e. The predicted molar refractivity (Wildman–Crippen MR) is 73.9 cm³/mol. The van der Waals surface area contributed by atoms with Crippen LogP contribution in [-0.2, 0) is 11.3 Å². The van der Waals surface area contributed by atoms with Crippen LogP contribution in [-0.4, -0.2) is 13.2 Å². The van der Waals surface area contributed by atoms with Gasteiger partial charge in [-0.25, -0.2) is 0 Å². The average Bonchev–Trinajstić information content (AvgIpc) is 2.46.